The molecule has 0 saturated heterocycles. The van der Waals surface area contributed by atoms with Crippen molar-refractivity contribution in [2.24, 2.45) is 5.10 Å². The third-order valence-electron chi connectivity index (χ3n) is 4.62. The Balaban J connectivity index is 1.62. The number of rotatable bonds is 5. The maximum Gasteiger partial charge on any atom is 0.355 e. The number of hydrazone groups is 1. The first kappa shape index (κ1) is 18.1. The number of carbonyl (C=O) groups is 3. The van der Waals surface area contributed by atoms with Crippen LogP contribution >= 0.6 is 0 Å². The molecule has 1 aliphatic heterocycles. The van der Waals surface area contributed by atoms with E-state index < -0.39 is 12.1 Å². The van der Waals surface area contributed by atoms with Gasteiger partial charge in [-0.2, -0.15) is 5.10 Å². The van der Waals surface area contributed by atoms with E-state index in [1.807, 2.05) is 6.07 Å². The van der Waals surface area contributed by atoms with Crippen LogP contribution in [0.4, 0.5) is 5.69 Å². The van der Waals surface area contributed by atoms with Crippen LogP contribution in [0.1, 0.15) is 45.4 Å². The highest BCUT2D eigenvalue weighted by Gasteiger charge is 2.29. The van der Waals surface area contributed by atoms with Crippen LogP contribution in [-0.2, 0) is 19.1 Å². The molecular formula is C19H23N3O4. The summed E-state index contributed by atoms with van der Waals surface area (Å²) in [6, 6.07) is 9.07. The predicted octanol–water partition coefficient (Wildman–Crippen LogP) is 2.16. The Kier molecular flexibility index (Phi) is 5.65. The van der Waals surface area contributed by atoms with Crippen LogP contribution in [0.15, 0.2) is 35.4 Å². The molecule has 2 aliphatic rings. The summed E-state index contributed by atoms with van der Waals surface area (Å²) in [5, 5.41) is 8.26. The molecule has 7 nitrogen and oxygen atoms in total. The van der Waals surface area contributed by atoms with Crippen LogP contribution in [0.3, 0.4) is 0 Å². The molecule has 26 heavy (non-hydrogen) atoms. The van der Waals surface area contributed by atoms with Crippen molar-refractivity contribution in [1.82, 2.24) is 5.32 Å². The fraction of sp³-hybridized carbons (Fsp3) is 0.474. The van der Waals surface area contributed by atoms with E-state index in [1.54, 1.807) is 31.2 Å². The van der Waals surface area contributed by atoms with E-state index in [-0.39, 0.29) is 36.4 Å². The van der Waals surface area contributed by atoms with Crippen LogP contribution in [0.2, 0.25) is 0 Å². The molecule has 1 aromatic rings. The molecule has 138 valence electrons. The van der Waals surface area contributed by atoms with Gasteiger partial charge in [-0.1, -0.05) is 31.0 Å². The first-order chi connectivity index (χ1) is 12.5. The molecular weight excluding hydrogens is 334 g/mol. The quantitative estimate of drug-likeness (QED) is 0.818. The second kappa shape index (κ2) is 8.12. The lowest BCUT2D eigenvalue weighted by atomic mass is 10.1. The highest BCUT2D eigenvalue weighted by molar-refractivity contribution is 6.38. The Hall–Kier alpha value is -2.70. The van der Waals surface area contributed by atoms with Crippen LogP contribution in [-0.4, -0.2) is 35.6 Å². The van der Waals surface area contributed by atoms with Gasteiger partial charge in [0.2, 0.25) is 5.91 Å². The number of ether oxygens (including phenoxy) is 1. The van der Waals surface area contributed by atoms with E-state index >= 15 is 0 Å². The number of hydrogen-bond acceptors (Lipinski definition) is 5. The van der Waals surface area contributed by atoms with Crippen molar-refractivity contribution < 1.29 is 19.1 Å². The number of esters is 1. The molecule has 0 spiro atoms. The monoisotopic (exact) mass is 357 g/mol. The van der Waals surface area contributed by atoms with E-state index in [0.717, 1.165) is 25.7 Å². The van der Waals surface area contributed by atoms with Gasteiger partial charge in [-0.15, -0.1) is 0 Å². The highest BCUT2D eigenvalue weighted by atomic mass is 16.5. The van der Waals surface area contributed by atoms with Crippen molar-refractivity contribution in [2.75, 3.05) is 5.01 Å². The fourth-order valence-corrected chi connectivity index (χ4v) is 3.14. The number of carbonyl (C=O) groups excluding carboxylic acids is 3. The SMILES string of the molecule is C[C@@H](OC(=O)C1=NN(c2ccccc2)C(=O)CC1)C(=O)NC1CCCC1. The summed E-state index contributed by atoms with van der Waals surface area (Å²) in [4.78, 5) is 36.6. The zero-order chi connectivity index (χ0) is 18.5. The molecule has 0 bridgehead atoms. The molecule has 2 amide bonds. The zero-order valence-electron chi connectivity index (χ0n) is 14.8. The third-order valence-corrected chi connectivity index (χ3v) is 4.62. The summed E-state index contributed by atoms with van der Waals surface area (Å²) in [6.45, 7) is 1.55. The van der Waals surface area contributed by atoms with Gasteiger partial charge in [0.1, 0.15) is 5.71 Å². The maximum atomic E-state index is 12.4. The molecule has 1 heterocycles. The second-order valence-corrected chi connectivity index (χ2v) is 6.63. The molecule has 1 fully saturated rings. The van der Waals surface area contributed by atoms with Crippen molar-refractivity contribution in [3.63, 3.8) is 0 Å². The Morgan fingerprint density at radius 1 is 1.19 bits per heavy atom. The molecule has 1 aromatic carbocycles. The van der Waals surface area contributed by atoms with Gasteiger partial charge in [0, 0.05) is 18.9 Å². The van der Waals surface area contributed by atoms with Gasteiger partial charge in [0.05, 0.1) is 5.69 Å². The number of nitrogens with one attached hydrogen (secondary N) is 1. The Morgan fingerprint density at radius 2 is 1.88 bits per heavy atom. The summed E-state index contributed by atoms with van der Waals surface area (Å²) >= 11 is 0. The smallest absolute Gasteiger partial charge is 0.355 e. The van der Waals surface area contributed by atoms with Crippen LogP contribution < -0.4 is 10.3 Å². The van der Waals surface area contributed by atoms with Gasteiger partial charge in [0.15, 0.2) is 6.10 Å². The lowest BCUT2D eigenvalue weighted by molar-refractivity contribution is -0.149. The standard InChI is InChI=1S/C19H23N3O4/c1-13(18(24)20-14-7-5-6-8-14)26-19(25)16-11-12-17(23)22(21-16)15-9-3-2-4-10-15/h2-4,9-10,13-14H,5-8,11-12H2,1H3,(H,20,24)/t13-/m1/s1. The molecule has 1 atom stereocenters. The number of anilines is 1. The molecule has 1 saturated carbocycles. The van der Waals surface area contributed by atoms with E-state index in [4.69, 9.17) is 4.74 Å². The minimum Gasteiger partial charge on any atom is -0.448 e. The summed E-state index contributed by atoms with van der Waals surface area (Å²) in [6.07, 6.45) is 3.64. The predicted molar refractivity (Wildman–Crippen MR) is 96.5 cm³/mol. The van der Waals surface area contributed by atoms with Gasteiger partial charge in [-0.3, -0.25) is 9.59 Å². The Labute approximate surface area is 152 Å². The molecule has 7 heteroatoms. The summed E-state index contributed by atoms with van der Waals surface area (Å²) in [5.74, 6) is -1.13. The van der Waals surface area contributed by atoms with Crippen molar-refractivity contribution >= 4 is 29.2 Å². The number of benzene rings is 1. The minimum atomic E-state index is -0.895. The number of para-hydroxylation sites is 1. The topological polar surface area (TPSA) is 88.1 Å². The lowest BCUT2D eigenvalue weighted by Gasteiger charge is -2.23. The molecule has 0 aromatic heterocycles. The van der Waals surface area contributed by atoms with E-state index in [2.05, 4.69) is 10.4 Å². The summed E-state index contributed by atoms with van der Waals surface area (Å²) in [5.41, 5.74) is 0.739. The van der Waals surface area contributed by atoms with Crippen molar-refractivity contribution in [3.05, 3.63) is 30.3 Å². The average Bonchev–Trinajstić information content (AvgIpc) is 3.15. The molecule has 0 radical (unpaired) electrons. The molecule has 1 aliphatic carbocycles. The Morgan fingerprint density at radius 3 is 2.58 bits per heavy atom. The molecule has 3 rings (SSSR count). The first-order valence-corrected chi connectivity index (χ1v) is 9.01. The van der Waals surface area contributed by atoms with Gasteiger partial charge in [-0.05, 0) is 31.9 Å². The highest BCUT2D eigenvalue weighted by Crippen LogP contribution is 2.20. The maximum absolute atomic E-state index is 12.4. The fourth-order valence-electron chi connectivity index (χ4n) is 3.14. The second-order valence-electron chi connectivity index (χ2n) is 6.63. The van der Waals surface area contributed by atoms with Gasteiger partial charge < -0.3 is 10.1 Å². The Bertz CT molecular complexity index is 711. The zero-order valence-corrected chi connectivity index (χ0v) is 14.8. The van der Waals surface area contributed by atoms with Crippen molar-refractivity contribution in [2.45, 2.75) is 57.6 Å². The largest absolute Gasteiger partial charge is 0.448 e. The van der Waals surface area contributed by atoms with Gasteiger partial charge in [0.25, 0.3) is 5.91 Å². The van der Waals surface area contributed by atoms with Gasteiger partial charge in [-0.25, -0.2) is 9.80 Å². The van der Waals surface area contributed by atoms with Crippen LogP contribution in [0.5, 0.6) is 0 Å². The van der Waals surface area contributed by atoms with E-state index in [0.29, 0.717) is 5.69 Å². The van der Waals surface area contributed by atoms with E-state index in [1.165, 1.54) is 5.01 Å². The third kappa shape index (κ3) is 4.28. The van der Waals surface area contributed by atoms with Crippen LogP contribution in [0, 0.1) is 0 Å². The number of nitrogens with zero attached hydrogens (tertiary/aromatic N) is 2. The molecule has 1 N–H and O–H groups in total. The number of amides is 2. The van der Waals surface area contributed by atoms with Gasteiger partial charge >= 0.3 is 5.97 Å². The normalized spacial score (nSPS) is 19.0. The summed E-state index contributed by atoms with van der Waals surface area (Å²) < 4.78 is 5.26. The van der Waals surface area contributed by atoms with E-state index in [9.17, 15) is 14.4 Å². The number of hydrogen-bond donors (Lipinski definition) is 1. The lowest BCUT2D eigenvalue weighted by Crippen LogP contribution is -2.42. The first-order valence-electron chi connectivity index (χ1n) is 9.01. The van der Waals surface area contributed by atoms with Crippen molar-refractivity contribution in [3.8, 4) is 0 Å². The van der Waals surface area contributed by atoms with Crippen LogP contribution in [0.25, 0.3) is 0 Å². The minimum absolute atomic E-state index is 0.147. The summed E-state index contributed by atoms with van der Waals surface area (Å²) in [7, 11) is 0. The van der Waals surface area contributed by atoms with Crippen molar-refractivity contribution in [1.29, 1.82) is 0 Å². The average molecular weight is 357 g/mol. The molecule has 0 unspecified atom stereocenters.